The van der Waals surface area contributed by atoms with Gasteiger partial charge in [-0.05, 0) is 18.2 Å². The van der Waals surface area contributed by atoms with Crippen molar-refractivity contribution in [2.24, 2.45) is 0 Å². The summed E-state index contributed by atoms with van der Waals surface area (Å²) in [5, 5.41) is 0. The number of halogens is 7. The van der Waals surface area contributed by atoms with E-state index in [4.69, 9.17) is 10.7 Å². The monoisotopic (exact) mass is 386 g/mol. The van der Waals surface area contributed by atoms with Gasteiger partial charge in [-0.25, -0.2) is 8.42 Å². The van der Waals surface area contributed by atoms with Gasteiger partial charge in [-0.1, -0.05) is 34.1 Å². The molecule has 2 nitrogen and oxygen atoms in total. The van der Waals surface area contributed by atoms with E-state index in [1.807, 2.05) is 13.8 Å². The van der Waals surface area contributed by atoms with E-state index in [9.17, 15) is 34.8 Å². The van der Waals surface area contributed by atoms with Crippen molar-refractivity contribution in [3.63, 3.8) is 0 Å². The maximum Gasteiger partial charge on any atom is 0.416 e. The Morgan fingerprint density at radius 1 is 0.870 bits per heavy atom. The first-order valence-corrected chi connectivity index (χ1v) is 8.78. The molecule has 1 aromatic carbocycles. The largest absolute Gasteiger partial charge is 0.416 e. The van der Waals surface area contributed by atoms with E-state index in [-0.39, 0.29) is 18.2 Å². The van der Waals surface area contributed by atoms with Gasteiger partial charge in [0.1, 0.15) is 0 Å². The van der Waals surface area contributed by atoms with E-state index in [1.165, 1.54) is 6.42 Å². The Morgan fingerprint density at radius 2 is 1.13 bits per heavy atom. The molecule has 0 unspecified atom stereocenters. The standard InChI is InChI=1S/C8H3ClF6O2S.C3H8.C2H6/c9-18(16,17)6-2-4(7(10,11)12)1-5(3-6)8(13,14)15;1-3-2;1-2/h1-3H;3H2,1-2H3;1-2H3. The van der Waals surface area contributed by atoms with Gasteiger partial charge in [0.05, 0.1) is 16.0 Å². The summed E-state index contributed by atoms with van der Waals surface area (Å²) in [6.07, 6.45) is -8.98. The minimum Gasteiger partial charge on any atom is -0.207 e. The highest BCUT2D eigenvalue weighted by atomic mass is 35.7. The molecular formula is C13H17ClF6O2S. The Hall–Kier alpha value is -0.960. The predicted molar refractivity (Wildman–Crippen MR) is 76.8 cm³/mol. The Bertz CT molecular complexity index is 547. The second kappa shape index (κ2) is 9.36. The van der Waals surface area contributed by atoms with Gasteiger partial charge in [0.15, 0.2) is 0 Å². The van der Waals surface area contributed by atoms with E-state index in [1.54, 1.807) is 0 Å². The molecule has 0 aliphatic rings. The average Bonchev–Trinajstić information content (AvgIpc) is 2.38. The van der Waals surface area contributed by atoms with Gasteiger partial charge in [-0.15, -0.1) is 0 Å². The summed E-state index contributed by atoms with van der Waals surface area (Å²) in [4.78, 5) is -1.26. The molecule has 0 fully saturated rings. The van der Waals surface area contributed by atoms with Crippen LogP contribution in [0.15, 0.2) is 23.1 Å². The molecule has 0 atom stereocenters. The SMILES string of the molecule is CC.CCC.O=S(=O)(Cl)c1cc(C(F)(F)F)cc(C(F)(F)F)c1. The second-order valence-electron chi connectivity index (χ2n) is 3.89. The first-order valence-electron chi connectivity index (χ1n) is 6.47. The molecule has 0 aliphatic heterocycles. The molecule has 136 valence electrons. The van der Waals surface area contributed by atoms with E-state index in [0.717, 1.165) is 0 Å². The summed E-state index contributed by atoms with van der Waals surface area (Å²) in [6.45, 7) is 8.25. The number of hydrogen-bond donors (Lipinski definition) is 0. The number of benzene rings is 1. The fourth-order valence-electron chi connectivity index (χ4n) is 1.07. The lowest BCUT2D eigenvalue weighted by atomic mass is 10.1. The Kier molecular flexibility index (Phi) is 9.89. The maximum absolute atomic E-state index is 12.3. The van der Waals surface area contributed by atoms with E-state index >= 15 is 0 Å². The zero-order chi connectivity index (χ0) is 19.1. The number of rotatable bonds is 1. The fourth-order valence-corrected chi connectivity index (χ4v) is 1.87. The zero-order valence-corrected chi connectivity index (χ0v) is 14.4. The molecule has 0 bridgehead atoms. The lowest BCUT2D eigenvalue weighted by Crippen LogP contribution is -2.12. The van der Waals surface area contributed by atoms with Gasteiger partial charge < -0.3 is 0 Å². The van der Waals surface area contributed by atoms with Crippen LogP contribution in [0, 0.1) is 0 Å². The van der Waals surface area contributed by atoms with Crippen molar-refractivity contribution in [2.75, 3.05) is 0 Å². The molecule has 0 heterocycles. The van der Waals surface area contributed by atoms with Crippen LogP contribution in [0.1, 0.15) is 45.2 Å². The normalized spacial score (nSPS) is 11.8. The van der Waals surface area contributed by atoms with Crippen LogP contribution in [-0.2, 0) is 21.4 Å². The Labute approximate surface area is 135 Å². The van der Waals surface area contributed by atoms with Gasteiger partial charge in [0.25, 0.3) is 9.05 Å². The van der Waals surface area contributed by atoms with Crippen LogP contribution < -0.4 is 0 Å². The molecule has 1 aromatic rings. The summed E-state index contributed by atoms with van der Waals surface area (Å²) in [5.41, 5.74) is -3.48. The molecular weight excluding hydrogens is 370 g/mol. The van der Waals surface area contributed by atoms with E-state index in [2.05, 4.69) is 13.8 Å². The zero-order valence-electron chi connectivity index (χ0n) is 12.8. The first kappa shape index (κ1) is 24.3. The van der Waals surface area contributed by atoms with Crippen molar-refractivity contribution in [1.29, 1.82) is 0 Å². The fraction of sp³-hybridized carbons (Fsp3) is 0.538. The summed E-state index contributed by atoms with van der Waals surface area (Å²) < 4.78 is 95.6. The van der Waals surface area contributed by atoms with Crippen LogP contribution >= 0.6 is 10.7 Å². The lowest BCUT2D eigenvalue weighted by Gasteiger charge is -2.12. The molecule has 10 heteroatoms. The molecule has 0 aromatic heterocycles. The summed E-state index contributed by atoms with van der Waals surface area (Å²) >= 11 is 0. The Morgan fingerprint density at radius 3 is 1.30 bits per heavy atom. The molecule has 0 amide bonds. The maximum atomic E-state index is 12.3. The lowest BCUT2D eigenvalue weighted by molar-refractivity contribution is -0.143. The van der Waals surface area contributed by atoms with Gasteiger partial charge in [-0.3, -0.25) is 0 Å². The molecule has 0 radical (unpaired) electrons. The summed E-state index contributed by atoms with van der Waals surface area (Å²) in [6, 6.07) is -0.110. The quantitative estimate of drug-likeness (QED) is 0.432. The first-order chi connectivity index (χ1) is 10.2. The third-order valence-electron chi connectivity index (χ3n) is 1.84. The molecule has 0 saturated heterocycles. The van der Waals surface area contributed by atoms with Gasteiger partial charge >= 0.3 is 12.4 Å². The van der Waals surface area contributed by atoms with Crippen molar-refractivity contribution in [3.8, 4) is 0 Å². The van der Waals surface area contributed by atoms with Gasteiger partial charge in [-0.2, -0.15) is 26.3 Å². The predicted octanol–water partition coefficient (Wildman–Crippen LogP) is 6.09. The van der Waals surface area contributed by atoms with Crippen molar-refractivity contribution < 1.29 is 34.8 Å². The smallest absolute Gasteiger partial charge is 0.207 e. The van der Waals surface area contributed by atoms with Crippen molar-refractivity contribution >= 4 is 19.7 Å². The molecule has 0 N–H and O–H groups in total. The Balaban J connectivity index is 0. The van der Waals surface area contributed by atoms with E-state index in [0.29, 0.717) is 0 Å². The van der Waals surface area contributed by atoms with E-state index < -0.39 is 37.4 Å². The van der Waals surface area contributed by atoms with Crippen LogP contribution in [0.4, 0.5) is 26.3 Å². The summed E-state index contributed by atoms with van der Waals surface area (Å²) in [5.74, 6) is 0. The van der Waals surface area contributed by atoms with Crippen LogP contribution in [0.5, 0.6) is 0 Å². The van der Waals surface area contributed by atoms with Crippen molar-refractivity contribution in [2.45, 2.75) is 51.4 Å². The minimum atomic E-state index is -5.11. The third-order valence-corrected chi connectivity index (χ3v) is 3.18. The van der Waals surface area contributed by atoms with Gasteiger partial charge in [0.2, 0.25) is 0 Å². The highest BCUT2D eigenvalue weighted by molar-refractivity contribution is 8.13. The molecule has 1 rings (SSSR count). The topological polar surface area (TPSA) is 34.1 Å². The third kappa shape index (κ3) is 9.04. The molecule has 0 spiro atoms. The highest BCUT2D eigenvalue weighted by Gasteiger charge is 2.38. The molecule has 0 aliphatic carbocycles. The summed E-state index contributed by atoms with van der Waals surface area (Å²) in [7, 11) is 0.0440. The average molecular weight is 387 g/mol. The van der Waals surface area contributed by atoms with Crippen molar-refractivity contribution in [3.05, 3.63) is 29.3 Å². The molecule has 0 saturated carbocycles. The molecule has 23 heavy (non-hydrogen) atoms. The highest BCUT2D eigenvalue weighted by Crippen LogP contribution is 2.37. The van der Waals surface area contributed by atoms with Crippen LogP contribution in [0.2, 0.25) is 0 Å². The van der Waals surface area contributed by atoms with Crippen molar-refractivity contribution in [1.82, 2.24) is 0 Å². The number of alkyl halides is 6. The van der Waals surface area contributed by atoms with Crippen LogP contribution in [0.3, 0.4) is 0 Å². The second-order valence-corrected chi connectivity index (χ2v) is 6.45. The van der Waals surface area contributed by atoms with Crippen LogP contribution in [0.25, 0.3) is 0 Å². The minimum absolute atomic E-state index is 0.0393. The van der Waals surface area contributed by atoms with Crippen LogP contribution in [-0.4, -0.2) is 8.42 Å². The number of hydrogen-bond acceptors (Lipinski definition) is 2. The van der Waals surface area contributed by atoms with Gasteiger partial charge in [0, 0.05) is 10.7 Å².